The van der Waals surface area contributed by atoms with Crippen molar-refractivity contribution >= 4 is 5.78 Å². The number of ketones is 1. The van der Waals surface area contributed by atoms with Crippen LogP contribution in [0.5, 0.6) is 0 Å². The summed E-state index contributed by atoms with van der Waals surface area (Å²) in [4.78, 5) is 12.2. The fourth-order valence-corrected chi connectivity index (χ4v) is 30.4. The predicted molar refractivity (Wildman–Crippen MR) is 410 cm³/mol. The van der Waals surface area contributed by atoms with Gasteiger partial charge in [-0.05, 0) is 371 Å². The minimum Gasteiger partial charge on any atom is -0.393 e. The molecule has 4 heteroatoms. The first-order valence-corrected chi connectivity index (χ1v) is 41.8. The SMILES string of the molecule is C#C.C#C.C#CC(C)(O)[C@H]1CCC2C3CC=C4C[C@@H](C)CC[C@]4(C)C3CC[C@@]21C.CC(=O)[C@H]1CCC2C3CC=C4C[C@@H](C)CC[C@]4(C)C3CC[C@@]21C.CC(O)[C@H]1CCC2C3CC=C4C[C@@H](C)CC[C@]4(C)C3CC[C@@]21C.C[C@H]1CC[C@@]2(C)C(=CCC3C2CC[C@@]2(C)C3CC[C@@H](C)[C@@H]2F)C1. The second-order valence-corrected chi connectivity index (χ2v) is 40.7. The molecule has 0 amide bonds. The van der Waals surface area contributed by atoms with E-state index in [-0.39, 0.29) is 28.8 Å². The van der Waals surface area contributed by atoms with Gasteiger partial charge in [0.2, 0.25) is 0 Å². The highest BCUT2D eigenvalue weighted by molar-refractivity contribution is 5.79. The zero-order valence-electron chi connectivity index (χ0n) is 65.7. The van der Waals surface area contributed by atoms with Crippen molar-refractivity contribution in [3.63, 3.8) is 0 Å². The van der Waals surface area contributed by atoms with E-state index in [4.69, 9.17) is 6.42 Å². The van der Waals surface area contributed by atoms with Crippen LogP contribution in [-0.2, 0) is 4.79 Å². The number of allylic oxidation sites excluding steroid dienone is 8. The molecule has 31 atom stereocenters. The molecule has 0 aromatic heterocycles. The number of alkyl halides is 1. The highest BCUT2D eigenvalue weighted by Gasteiger charge is 2.65. The number of aliphatic hydroxyl groups is 2. The maximum absolute atomic E-state index is 15.1. The smallest absolute Gasteiger partial charge is 0.133 e. The van der Waals surface area contributed by atoms with Crippen LogP contribution in [0.1, 0.15) is 316 Å². The molecule has 2 N–H and O–H groups in total. The Labute approximate surface area is 602 Å². The Balaban J connectivity index is 0.000000130. The van der Waals surface area contributed by atoms with Crippen molar-refractivity contribution in [2.75, 3.05) is 0 Å². The number of terminal acetylenes is 3. The number of hydrogen-bond acceptors (Lipinski definition) is 3. The van der Waals surface area contributed by atoms with Gasteiger partial charge in [-0.2, -0.15) is 0 Å². The number of rotatable bonds is 3. The minimum atomic E-state index is -0.948. The quantitative estimate of drug-likeness (QED) is 0.219. The summed E-state index contributed by atoms with van der Waals surface area (Å²) in [6.45, 7) is 37.6. The maximum Gasteiger partial charge on any atom is 0.133 e. The van der Waals surface area contributed by atoms with Crippen LogP contribution in [0.3, 0.4) is 0 Å². The molecule has 0 spiro atoms. The molecule has 0 heterocycles. The van der Waals surface area contributed by atoms with Gasteiger partial charge < -0.3 is 10.2 Å². The van der Waals surface area contributed by atoms with Gasteiger partial charge in [0.05, 0.1) is 6.10 Å². The molecule has 16 rings (SSSR count). The first-order chi connectivity index (χ1) is 46.3. The first-order valence-electron chi connectivity index (χ1n) is 41.8. The monoisotopic (exact) mass is 1340 g/mol. The third-order valence-electron chi connectivity index (χ3n) is 36.0. The molecule has 12 saturated carbocycles. The zero-order chi connectivity index (χ0) is 71.3. The number of carbonyl (C=O) groups excluding carboxylic acids is 1. The molecule has 14 unspecified atom stereocenters. The van der Waals surface area contributed by atoms with Crippen molar-refractivity contribution in [2.45, 2.75) is 334 Å². The van der Waals surface area contributed by atoms with Gasteiger partial charge in [-0.15, -0.1) is 32.1 Å². The van der Waals surface area contributed by atoms with E-state index in [2.05, 4.69) is 146 Å². The van der Waals surface area contributed by atoms with E-state index in [1.54, 1.807) is 16.7 Å². The third-order valence-corrected chi connectivity index (χ3v) is 36.0. The van der Waals surface area contributed by atoms with Gasteiger partial charge >= 0.3 is 0 Å². The lowest BCUT2D eigenvalue weighted by Crippen LogP contribution is -2.55. The summed E-state index contributed by atoms with van der Waals surface area (Å²) in [6, 6.07) is 0. The number of hydrogen-bond donors (Lipinski definition) is 2. The van der Waals surface area contributed by atoms with Crippen LogP contribution < -0.4 is 0 Å². The lowest BCUT2D eigenvalue weighted by atomic mass is 9.44. The van der Waals surface area contributed by atoms with Crippen LogP contribution in [0.4, 0.5) is 4.39 Å². The molecule has 98 heavy (non-hydrogen) atoms. The first kappa shape index (κ1) is 76.3. The normalized spacial score (nSPS) is 51.2. The van der Waals surface area contributed by atoms with E-state index in [1.807, 2.05) is 26.3 Å². The highest BCUT2D eigenvalue weighted by Crippen LogP contribution is 2.72. The Kier molecular flexibility index (Phi) is 22.2. The Hall–Kier alpha value is -2.84. The van der Waals surface area contributed by atoms with Gasteiger partial charge in [-0.3, -0.25) is 4.79 Å². The van der Waals surface area contributed by atoms with Gasteiger partial charge in [0.25, 0.3) is 0 Å². The molecule has 12 fully saturated rings. The second-order valence-electron chi connectivity index (χ2n) is 40.7. The van der Waals surface area contributed by atoms with Crippen molar-refractivity contribution in [3.05, 3.63) is 46.6 Å². The average Bonchev–Trinajstić information content (AvgIpc) is 1.04. The van der Waals surface area contributed by atoms with Crippen LogP contribution in [0.15, 0.2) is 46.6 Å². The van der Waals surface area contributed by atoms with E-state index < -0.39 is 11.8 Å². The molecule has 16 aliphatic rings. The highest BCUT2D eigenvalue weighted by atomic mass is 19.1. The van der Waals surface area contributed by atoms with Gasteiger partial charge in [0.15, 0.2) is 0 Å². The Morgan fingerprint density at radius 2 is 0.776 bits per heavy atom. The summed E-state index contributed by atoms with van der Waals surface area (Å²) in [5.74, 6) is 17.9. The molecule has 0 aromatic carbocycles. The molecular weight excluding hydrogens is 1200 g/mol. The summed E-state index contributed by atoms with van der Waals surface area (Å²) in [7, 11) is 0. The van der Waals surface area contributed by atoms with Crippen molar-refractivity contribution in [1.29, 1.82) is 0 Å². The number of fused-ring (bicyclic) bond motifs is 20. The van der Waals surface area contributed by atoms with E-state index >= 15 is 4.39 Å². The predicted octanol–water partition coefficient (Wildman–Crippen LogP) is 24.0. The number of Topliss-reactive ketones (excluding diaryl/α,β-unsaturated/α-hetero) is 1. The molecule has 0 aromatic rings. The Morgan fingerprint density at radius 3 is 1.15 bits per heavy atom. The Morgan fingerprint density at radius 1 is 0.459 bits per heavy atom. The average molecular weight is 1340 g/mol. The van der Waals surface area contributed by atoms with E-state index in [0.29, 0.717) is 56.0 Å². The van der Waals surface area contributed by atoms with Gasteiger partial charge in [-0.1, -0.05) is 143 Å². The van der Waals surface area contributed by atoms with Crippen LogP contribution in [0, 0.1) is 200 Å². The van der Waals surface area contributed by atoms with Crippen LogP contribution >= 0.6 is 0 Å². The summed E-state index contributed by atoms with van der Waals surface area (Å²) < 4.78 is 15.1. The van der Waals surface area contributed by atoms with Crippen LogP contribution in [-0.4, -0.2) is 33.9 Å². The maximum atomic E-state index is 15.1. The van der Waals surface area contributed by atoms with E-state index in [9.17, 15) is 15.0 Å². The summed E-state index contributed by atoms with van der Waals surface area (Å²) in [5.41, 5.74) is 8.95. The fourth-order valence-electron chi connectivity index (χ4n) is 30.4. The van der Waals surface area contributed by atoms with Crippen LogP contribution in [0.2, 0.25) is 0 Å². The van der Waals surface area contributed by atoms with Gasteiger partial charge in [-0.25, -0.2) is 4.39 Å². The second kappa shape index (κ2) is 28.6. The number of halogens is 1. The number of carbonyl (C=O) groups is 1. The lowest BCUT2D eigenvalue weighted by molar-refractivity contribution is -0.127. The van der Waals surface area contributed by atoms with E-state index in [1.165, 1.54) is 180 Å². The van der Waals surface area contributed by atoms with Crippen LogP contribution in [0.25, 0.3) is 0 Å². The summed E-state index contributed by atoms with van der Waals surface area (Å²) >= 11 is 0. The largest absolute Gasteiger partial charge is 0.393 e. The standard InChI is InChI=1S/C24H36O.C22H35F.C22H36O.C22H34O.2C2H2/c1-6-24(5,25)21-10-9-19-18-8-7-17-15-16(2)11-13-22(17,3)20(18)12-14-23(19,21)4;1-14-9-11-21(3)16(13-14)6-7-17-18-8-5-15(2)20(23)22(18,4)12-10-19(17)21;2*1-14-9-11-21(3)16(13-14)5-6-17-19-8-7-18(15(2)23)22(19,4)12-10-20(17)21;2*1-2/h1,7,16,18-21,25H,8-15H2,2-5H3;6,14-15,17-20H,5,7-13H2,1-4H3;5,14-15,17-20,23H,6-13H2,1-4H3;5,14,17-20H,6-13H2,1-4H3;2*1-2H/t16-,18?,19?,20?,21-,22-,23-,24?;14-,15+,17?,18?,19?,20-,21-,22-;14-,15?,17?,18+,19?,20?,21-,22+;14-,17?,18+,19?,20?,21-,22+;;/m0000../s1. The minimum absolute atomic E-state index is 0.0392. The molecule has 3 nitrogen and oxygen atoms in total. The molecule has 0 saturated heterocycles. The molecule has 0 radical (unpaired) electrons. The molecular formula is C94H145FO3. The van der Waals surface area contributed by atoms with Gasteiger partial charge in [0, 0.05) is 17.3 Å². The molecule has 16 aliphatic carbocycles. The number of aliphatic hydroxyl groups excluding tert-OH is 1. The van der Waals surface area contributed by atoms with Crippen molar-refractivity contribution in [2.24, 2.45) is 162 Å². The zero-order valence-corrected chi connectivity index (χ0v) is 65.7. The molecule has 0 aliphatic heterocycles. The van der Waals surface area contributed by atoms with Gasteiger partial charge in [0.1, 0.15) is 17.6 Å². The van der Waals surface area contributed by atoms with Crippen molar-refractivity contribution in [1.82, 2.24) is 0 Å². The summed E-state index contributed by atoms with van der Waals surface area (Å²) in [5, 5.41) is 21.1. The molecule has 0 bridgehead atoms. The molecule has 546 valence electrons. The summed E-state index contributed by atoms with van der Waals surface area (Å²) in [6.07, 6.45) is 73.5. The topological polar surface area (TPSA) is 57.5 Å². The fraction of sp³-hybridized carbons (Fsp3) is 0.840. The van der Waals surface area contributed by atoms with Crippen molar-refractivity contribution in [3.8, 4) is 38.0 Å². The van der Waals surface area contributed by atoms with Crippen molar-refractivity contribution < 1.29 is 19.4 Å². The van der Waals surface area contributed by atoms with E-state index in [0.717, 1.165) is 114 Å². The lowest BCUT2D eigenvalue weighted by Gasteiger charge is -2.61. The Bertz CT molecular complexity index is 3060. The third kappa shape index (κ3) is 12.6.